The molecule has 3 aromatic rings. The number of anilines is 1. The first-order chi connectivity index (χ1) is 12.9. The molecule has 0 fully saturated rings. The minimum atomic E-state index is -0.517. The van der Waals surface area contributed by atoms with Crippen LogP contribution in [0.5, 0.6) is 0 Å². The van der Waals surface area contributed by atoms with Crippen LogP contribution in [0.3, 0.4) is 0 Å². The van der Waals surface area contributed by atoms with Gasteiger partial charge < -0.3 is 9.73 Å². The van der Waals surface area contributed by atoms with Crippen LogP contribution in [0, 0.1) is 22.9 Å². The van der Waals surface area contributed by atoms with Crippen LogP contribution < -0.4 is 5.32 Å². The standard InChI is InChI=1S/C17H13FN4O4S/c1-10-7-12(18)5-6-14(10)19-15(23)9-27-17-21-20-16(26-17)11-3-2-4-13(8-11)22(24)25/h2-8H,9H2,1H3,(H,19,23). The van der Waals surface area contributed by atoms with E-state index in [1.807, 2.05) is 0 Å². The zero-order valence-corrected chi connectivity index (χ0v) is 14.8. The molecule has 10 heteroatoms. The van der Waals surface area contributed by atoms with Crippen LogP contribution in [0.2, 0.25) is 0 Å². The van der Waals surface area contributed by atoms with E-state index in [1.165, 1.54) is 36.4 Å². The topological polar surface area (TPSA) is 111 Å². The molecular weight excluding hydrogens is 375 g/mol. The molecule has 1 heterocycles. The van der Waals surface area contributed by atoms with E-state index in [0.717, 1.165) is 11.8 Å². The number of amides is 1. The number of carbonyl (C=O) groups is 1. The minimum Gasteiger partial charge on any atom is -0.411 e. The van der Waals surface area contributed by atoms with Crippen LogP contribution in [0.15, 0.2) is 52.1 Å². The fraction of sp³-hybridized carbons (Fsp3) is 0.118. The first-order valence-electron chi connectivity index (χ1n) is 7.69. The number of nitro groups is 1. The molecule has 3 rings (SSSR count). The molecule has 0 aliphatic heterocycles. The van der Waals surface area contributed by atoms with Gasteiger partial charge in [0.25, 0.3) is 10.9 Å². The number of thioether (sulfide) groups is 1. The minimum absolute atomic E-state index is 0.00733. The van der Waals surface area contributed by atoms with E-state index in [4.69, 9.17) is 4.42 Å². The van der Waals surface area contributed by atoms with Gasteiger partial charge in [0.2, 0.25) is 11.8 Å². The molecule has 2 aromatic carbocycles. The van der Waals surface area contributed by atoms with Crippen molar-refractivity contribution in [1.82, 2.24) is 10.2 Å². The molecule has 0 radical (unpaired) electrons. The number of hydrogen-bond donors (Lipinski definition) is 1. The number of benzene rings is 2. The van der Waals surface area contributed by atoms with E-state index in [9.17, 15) is 19.3 Å². The molecule has 138 valence electrons. The molecule has 0 saturated carbocycles. The van der Waals surface area contributed by atoms with Gasteiger partial charge in [-0.3, -0.25) is 14.9 Å². The molecule has 0 spiro atoms. The molecule has 27 heavy (non-hydrogen) atoms. The Kier molecular flexibility index (Phi) is 5.46. The van der Waals surface area contributed by atoms with Gasteiger partial charge in [0.05, 0.1) is 10.7 Å². The summed E-state index contributed by atoms with van der Waals surface area (Å²) in [5, 5.41) is 21.3. The van der Waals surface area contributed by atoms with E-state index in [1.54, 1.807) is 13.0 Å². The lowest BCUT2D eigenvalue weighted by molar-refractivity contribution is -0.384. The largest absolute Gasteiger partial charge is 0.411 e. The van der Waals surface area contributed by atoms with E-state index < -0.39 is 4.92 Å². The van der Waals surface area contributed by atoms with E-state index in [-0.39, 0.29) is 34.3 Å². The molecule has 8 nitrogen and oxygen atoms in total. The third-order valence-electron chi connectivity index (χ3n) is 3.50. The Hall–Kier alpha value is -3.27. The van der Waals surface area contributed by atoms with Crippen molar-refractivity contribution in [2.24, 2.45) is 0 Å². The average molecular weight is 388 g/mol. The monoisotopic (exact) mass is 388 g/mol. The predicted octanol–water partition coefficient (Wildman–Crippen LogP) is 3.82. The van der Waals surface area contributed by atoms with Gasteiger partial charge in [-0.2, -0.15) is 0 Å². The highest BCUT2D eigenvalue weighted by Crippen LogP contribution is 2.26. The summed E-state index contributed by atoms with van der Waals surface area (Å²) in [5.41, 5.74) is 1.45. The Morgan fingerprint density at radius 2 is 2.11 bits per heavy atom. The highest BCUT2D eigenvalue weighted by Gasteiger charge is 2.14. The fourth-order valence-electron chi connectivity index (χ4n) is 2.22. The van der Waals surface area contributed by atoms with Crippen LogP contribution in [0.25, 0.3) is 11.5 Å². The number of rotatable bonds is 6. The van der Waals surface area contributed by atoms with Crippen LogP contribution in [0.1, 0.15) is 5.56 Å². The van der Waals surface area contributed by atoms with Crippen LogP contribution in [-0.2, 0) is 4.79 Å². The summed E-state index contributed by atoms with van der Waals surface area (Å²) >= 11 is 1.02. The summed E-state index contributed by atoms with van der Waals surface area (Å²) in [6.45, 7) is 1.69. The SMILES string of the molecule is Cc1cc(F)ccc1NC(=O)CSc1nnc(-c2cccc([N+](=O)[O-])c2)o1. The number of aryl methyl sites for hydroxylation is 1. The Labute approximate surface area is 156 Å². The number of nitro benzene ring substituents is 1. The van der Waals surface area contributed by atoms with Gasteiger partial charge >= 0.3 is 0 Å². The van der Waals surface area contributed by atoms with Crippen molar-refractivity contribution in [2.45, 2.75) is 12.1 Å². The number of halogens is 1. The maximum absolute atomic E-state index is 13.1. The molecule has 1 amide bonds. The van der Waals surface area contributed by atoms with Crippen LogP contribution in [0.4, 0.5) is 15.8 Å². The van der Waals surface area contributed by atoms with Gasteiger partial charge in [0.1, 0.15) is 5.82 Å². The quantitative estimate of drug-likeness (QED) is 0.388. The van der Waals surface area contributed by atoms with Gasteiger partial charge in [-0.1, -0.05) is 17.8 Å². The first kappa shape index (κ1) is 18.5. The normalized spacial score (nSPS) is 10.6. The maximum atomic E-state index is 13.1. The van der Waals surface area contributed by atoms with Gasteiger partial charge in [-0.05, 0) is 36.8 Å². The third-order valence-corrected chi connectivity index (χ3v) is 4.32. The van der Waals surface area contributed by atoms with Gasteiger partial charge in [-0.15, -0.1) is 10.2 Å². The van der Waals surface area contributed by atoms with Crippen molar-refractivity contribution < 1.29 is 18.5 Å². The number of non-ortho nitro benzene ring substituents is 1. The molecular formula is C17H13FN4O4S. The van der Waals surface area contributed by atoms with Gasteiger partial charge in [-0.25, -0.2) is 4.39 Å². The molecule has 0 aliphatic rings. The smallest absolute Gasteiger partial charge is 0.277 e. The molecule has 0 unspecified atom stereocenters. The number of carbonyl (C=O) groups excluding carboxylic acids is 1. The average Bonchev–Trinajstić information content (AvgIpc) is 3.11. The highest BCUT2D eigenvalue weighted by atomic mass is 32.2. The molecule has 0 bridgehead atoms. The zero-order valence-electron chi connectivity index (χ0n) is 14.0. The Balaban J connectivity index is 1.62. The van der Waals surface area contributed by atoms with Crippen molar-refractivity contribution in [2.75, 3.05) is 11.1 Å². The third kappa shape index (κ3) is 4.67. The van der Waals surface area contributed by atoms with Crippen LogP contribution >= 0.6 is 11.8 Å². The maximum Gasteiger partial charge on any atom is 0.277 e. The summed E-state index contributed by atoms with van der Waals surface area (Å²) in [4.78, 5) is 22.3. The molecule has 0 atom stereocenters. The lowest BCUT2D eigenvalue weighted by atomic mass is 10.2. The summed E-state index contributed by atoms with van der Waals surface area (Å²) in [7, 11) is 0. The van der Waals surface area contributed by atoms with E-state index in [2.05, 4.69) is 15.5 Å². The highest BCUT2D eigenvalue weighted by molar-refractivity contribution is 7.99. The number of hydrogen-bond acceptors (Lipinski definition) is 7. The number of aromatic nitrogens is 2. The summed E-state index contributed by atoms with van der Waals surface area (Å²) < 4.78 is 18.5. The Bertz CT molecular complexity index is 1010. The van der Waals surface area contributed by atoms with E-state index in [0.29, 0.717) is 16.8 Å². The van der Waals surface area contributed by atoms with Crippen molar-refractivity contribution in [1.29, 1.82) is 0 Å². The Morgan fingerprint density at radius 3 is 2.85 bits per heavy atom. The van der Waals surface area contributed by atoms with Gasteiger partial charge in [0, 0.05) is 23.4 Å². The lowest BCUT2D eigenvalue weighted by Gasteiger charge is -2.07. The second-order valence-corrected chi connectivity index (χ2v) is 6.40. The summed E-state index contributed by atoms with van der Waals surface area (Å²) in [5.74, 6) is -0.562. The van der Waals surface area contributed by atoms with E-state index >= 15 is 0 Å². The summed E-state index contributed by atoms with van der Waals surface area (Å²) in [6.07, 6.45) is 0. The zero-order chi connectivity index (χ0) is 19.4. The van der Waals surface area contributed by atoms with Crippen molar-refractivity contribution >= 4 is 29.0 Å². The predicted molar refractivity (Wildman–Crippen MR) is 96.9 cm³/mol. The molecule has 1 aromatic heterocycles. The van der Waals surface area contributed by atoms with Crippen LogP contribution in [-0.4, -0.2) is 26.8 Å². The summed E-state index contributed by atoms with van der Waals surface area (Å²) in [6, 6.07) is 9.89. The number of nitrogens with zero attached hydrogens (tertiary/aromatic N) is 3. The molecule has 0 aliphatic carbocycles. The second kappa shape index (κ2) is 7.96. The fourth-order valence-corrected chi connectivity index (χ4v) is 2.78. The Morgan fingerprint density at radius 1 is 1.30 bits per heavy atom. The van der Waals surface area contributed by atoms with Crippen molar-refractivity contribution in [3.8, 4) is 11.5 Å². The van der Waals surface area contributed by atoms with Crippen molar-refractivity contribution in [3.63, 3.8) is 0 Å². The number of nitrogens with one attached hydrogen (secondary N) is 1. The first-order valence-corrected chi connectivity index (χ1v) is 8.68. The molecule has 1 N–H and O–H groups in total. The van der Waals surface area contributed by atoms with Crippen molar-refractivity contribution in [3.05, 3.63) is 64.0 Å². The molecule has 0 saturated heterocycles. The van der Waals surface area contributed by atoms with Gasteiger partial charge in [0.15, 0.2) is 0 Å². The second-order valence-electron chi connectivity index (χ2n) is 5.48. The lowest BCUT2D eigenvalue weighted by Crippen LogP contribution is -2.14.